The first-order valence-electron chi connectivity index (χ1n) is 6.98. The van der Waals surface area contributed by atoms with Gasteiger partial charge in [0.1, 0.15) is 6.54 Å². The normalized spacial score (nSPS) is 12.1. The van der Waals surface area contributed by atoms with Crippen molar-refractivity contribution < 1.29 is 14.0 Å². The van der Waals surface area contributed by atoms with Crippen LogP contribution in [0.5, 0.6) is 5.75 Å². The number of rotatable bonds is 7. The Morgan fingerprint density at radius 2 is 1.70 bits per heavy atom. The van der Waals surface area contributed by atoms with Gasteiger partial charge in [0.15, 0.2) is 11.6 Å². The molecule has 1 N–H and O–H groups in total. The number of para-hydroxylation sites is 1. The monoisotopic (exact) mass is 274 g/mol. The van der Waals surface area contributed by atoms with Crippen LogP contribution in [0.15, 0.2) is 54.6 Å². The van der Waals surface area contributed by atoms with E-state index in [1.165, 1.54) is 16.5 Å². The number of halogens is 1. The maximum atomic E-state index is 13.3. The van der Waals surface area contributed by atoms with E-state index in [1.54, 1.807) is 18.2 Å². The predicted octanol–water partition coefficient (Wildman–Crippen LogP) is 2.31. The molecule has 0 fully saturated rings. The van der Waals surface area contributed by atoms with Gasteiger partial charge in [-0.25, -0.2) is 4.39 Å². The molecule has 0 heterocycles. The molecule has 2 rings (SSSR count). The zero-order valence-electron chi connectivity index (χ0n) is 11.8. The van der Waals surface area contributed by atoms with Gasteiger partial charge in [-0.2, -0.15) is 0 Å². The lowest BCUT2D eigenvalue weighted by atomic mass is 10.2. The van der Waals surface area contributed by atoms with Gasteiger partial charge >= 0.3 is 0 Å². The van der Waals surface area contributed by atoms with Crippen LogP contribution in [0, 0.1) is 5.82 Å². The molecule has 20 heavy (non-hydrogen) atoms. The summed E-state index contributed by atoms with van der Waals surface area (Å²) in [5.41, 5.74) is 1.33. The molecule has 0 radical (unpaired) electrons. The molecule has 1 unspecified atom stereocenters. The first kappa shape index (κ1) is 14.5. The van der Waals surface area contributed by atoms with Crippen molar-refractivity contribution in [3.05, 3.63) is 66.0 Å². The Kier molecular flexibility index (Phi) is 5.56. The predicted molar refractivity (Wildman–Crippen MR) is 78.4 cm³/mol. The van der Waals surface area contributed by atoms with Gasteiger partial charge in [-0.3, -0.25) is 0 Å². The van der Waals surface area contributed by atoms with Crippen molar-refractivity contribution in [1.82, 2.24) is 0 Å². The summed E-state index contributed by atoms with van der Waals surface area (Å²) >= 11 is 0. The van der Waals surface area contributed by atoms with Crippen molar-refractivity contribution >= 4 is 0 Å². The molecular formula is C17H21FNO+. The van der Waals surface area contributed by atoms with Crippen molar-refractivity contribution in [3.8, 4) is 5.75 Å². The van der Waals surface area contributed by atoms with Crippen LogP contribution in [0.25, 0.3) is 0 Å². The Labute approximate surface area is 119 Å². The third kappa shape index (κ3) is 4.67. The lowest BCUT2D eigenvalue weighted by molar-refractivity contribution is -0.894. The summed E-state index contributed by atoms with van der Waals surface area (Å²) in [5.74, 6) is 0.0469. The molecule has 0 bridgehead atoms. The molecular weight excluding hydrogens is 253 g/mol. The highest BCUT2D eigenvalue weighted by molar-refractivity contribution is 5.23. The molecule has 0 aromatic heterocycles. The Morgan fingerprint density at radius 1 is 1.00 bits per heavy atom. The zero-order valence-corrected chi connectivity index (χ0v) is 11.8. The van der Waals surface area contributed by atoms with E-state index >= 15 is 0 Å². The fraction of sp³-hybridized carbons (Fsp3) is 0.294. The second-order valence-corrected chi connectivity index (χ2v) is 5.00. The second kappa shape index (κ2) is 7.65. The molecule has 0 aliphatic heterocycles. The van der Waals surface area contributed by atoms with E-state index in [2.05, 4.69) is 31.3 Å². The van der Waals surface area contributed by atoms with Gasteiger partial charge < -0.3 is 9.64 Å². The van der Waals surface area contributed by atoms with E-state index in [0.717, 1.165) is 19.5 Å². The van der Waals surface area contributed by atoms with Crippen LogP contribution in [0.4, 0.5) is 4.39 Å². The summed E-state index contributed by atoms with van der Waals surface area (Å²) in [4.78, 5) is 1.42. The fourth-order valence-electron chi connectivity index (χ4n) is 2.15. The quantitative estimate of drug-likeness (QED) is 0.765. The Hall–Kier alpha value is -1.87. The minimum atomic E-state index is -0.294. The van der Waals surface area contributed by atoms with E-state index in [-0.39, 0.29) is 5.82 Å². The lowest BCUT2D eigenvalue weighted by Crippen LogP contribution is -3.07. The number of ether oxygens (including phenoxy) is 1. The first-order chi connectivity index (χ1) is 9.75. The van der Waals surface area contributed by atoms with E-state index in [1.807, 2.05) is 6.07 Å². The third-order valence-corrected chi connectivity index (χ3v) is 3.19. The molecule has 0 saturated carbocycles. The van der Waals surface area contributed by atoms with Crippen molar-refractivity contribution in [3.63, 3.8) is 0 Å². The van der Waals surface area contributed by atoms with Gasteiger partial charge in [0.2, 0.25) is 0 Å². The summed E-state index contributed by atoms with van der Waals surface area (Å²) in [6.45, 7) is 2.55. The van der Waals surface area contributed by atoms with E-state index in [4.69, 9.17) is 4.74 Å². The molecule has 2 nitrogen and oxygen atoms in total. The maximum absolute atomic E-state index is 13.3. The van der Waals surface area contributed by atoms with Crippen molar-refractivity contribution in [1.29, 1.82) is 0 Å². The fourth-order valence-corrected chi connectivity index (χ4v) is 2.15. The minimum Gasteiger partial charge on any atom is -0.490 e. The molecule has 0 amide bonds. The first-order valence-corrected chi connectivity index (χ1v) is 6.98. The molecule has 106 valence electrons. The Balaban J connectivity index is 1.67. The number of quaternary nitrogens is 1. The van der Waals surface area contributed by atoms with Crippen LogP contribution >= 0.6 is 0 Å². The molecule has 3 heteroatoms. The number of hydrogen-bond donors (Lipinski definition) is 1. The van der Waals surface area contributed by atoms with Gasteiger partial charge in [-0.1, -0.05) is 42.5 Å². The standard InChI is InChI=1S/C17H20FNO/c1-19(14-15-8-3-2-4-9-15)12-7-13-20-17-11-6-5-10-16(17)18/h2-6,8-11H,7,12-14H2,1H3/p+1. The van der Waals surface area contributed by atoms with Crippen molar-refractivity contribution in [2.45, 2.75) is 13.0 Å². The van der Waals surface area contributed by atoms with Gasteiger partial charge in [0, 0.05) is 12.0 Å². The van der Waals surface area contributed by atoms with Crippen LogP contribution in [0.1, 0.15) is 12.0 Å². The van der Waals surface area contributed by atoms with Gasteiger partial charge in [-0.15, -0.1) is 0 Å². The largest absolute Gasteiger partial charge is 0.490 e. The highest BCUT2D eigenvalue weighted by atomic mass is 19.1. The van der Waals surface area contributed by atoms with E-state index in [0.29, 0.717) is 12.4 Å². The number of benzene rings is 2. The van der Waals surface area contributed by atoms with Crippen LogP contribution in [-0.2, 0) is 6.54 Å². The number of nitrogens with one attached hydrogen (secondary N) is 1. The average molecular weight is 274 g/mol. The zero-order chi connectivity index (χ0) is 14.2. The van der Waals surface area contributed by atoms with Crippen LogP contribution in [0.3, 0.4) is 0 Å². The highest BCUT2D eigenvalue weighted by Crippen LogP contribution is 2.15. The summed E-state index contributed by atoms with van der Waals surface area (Å²) in [7, 11) is 2.16. The van der Waals surface area contributed by atoms with Gasteiger partial charge in [0.05, 0.1) is 20.2 Å². The molecule has 0 aliphatic carbocycles. The molecule has 0 spiro atoms. The Bertz CT molecular complexity index is 515. The molecule has 2 aromatic rings. The number of hydrogen-bond acceptors (Lipinski definition) is 1. The average Bonchev–Trinajstić information content (AvgIpc) is 2.46. The second-order valence-electron chi connectivity index (χ2n) is 5.00. The Morgan fingerprint density at radius 3 is 2.45 bits per heavy atom. The van der Waals surface area contributed by atoms with E-state index in [9.17, 15) is 4.39 Å². The molecule has 0 saturated heterocycles. The maximum Gasteiger partial charge on any atom is 0.165 e. The van der Waals surface area contributed by atoms with Crippen molar-refractivity contribution in [2.75, 3.05) is 20.2 Å². The lowest BCUT2D eigenvalue weighted by Gasteiger charge is -2.14. The topological polar surface area (TPSA) is 13.7 Å². The van der Waals surface area contributed by atoms with Crippen LogP contribution < -0.4 is 9.64 Å². The molecule has 1 atom stereocenters. The van der Waals surface area contributed by atoms with E-state index < -0.39 is 0 Å². The third-order valence-electron chi connectivity index (χ3n) is 3.19. The summed E-state index contributed by atoms with van der Waals surface area (Å²) < 4.78 is 18.8. The smallest absolute Gasteiger partial charge is 0.165 e. The van der Waals surface area contributed by atoms with Crippen LogP contribution in [0.2, 0.25) is 0 Å². The summed E-state index contributed by atoms with van der Waals surface area (Å²) in [6, 6.07) is 17.0. The summed E-state index contributed by atoms with van der Waals surface area (Å²) in [5, 5.41) is 0. The molecule has 0 aliphatic rings. The molecule has 2 aromatic carbocycles. The van der Waals surface area contributed by atoms with Crippen LogP contribution in [-0.4, -0.2) is 20.2 Å². The van der Waals surface area contributed by atoms with Crippen molar-refractivity contribution in [2.24, 2.45) is 0 Å². The SMILES string of the molecule is C[NH+](CCCOc1ccccc1F)Cc1ccccc1. The van der Waals surface area contributed by atoms with Gasteiger partial charge in [0.25, 0.3) is 0 Å². The minimum absolute atomic E-state index is 0.294. The van der Waals surface area contributed by atoms with Gasteiger partial charge in [-0.05, 0) is 12.1 Å². The summed E-state index contributed by atoms with van der Waals surface area (Å²) in [6.07, 6.45) is 0.910. The highest BCUT2D eigenvalue weighted by Gasteiger charge is 2.05.